The van der Waals surface area contributed by atoms with Gasteiger partial charge in [0.05, 0.1) is 0 Å². The second kappa shape index (κ2) is 12.4. The third kappa shape index (κ3) is 6.92. The molecule has 0 spiro atoms. The van der Waals surface area contributed by atoms with Crippen molar-refractivity contribution in [3.05, 3.63) is 94.6 Å². The predicted molar refractivity (Wildman–Crippen MR) is 151 cm³/mol. The molecule has 2 aromatic carbocycles. The summed E-state index contributed by atoms with van der Waals surface area (Å²) in [5.41, 5.74) is -1.14. The first kappa shape index (κ1) is 31.2. The van der Waals surface area contributed by atoms with Crippen molar-refractivity contribution in [1.29, 1.82) is 0 Å². The summed E-state index contributed by atoms with van der Waals surface area (Å²) in [4.78, 5) is 41.0. The minimum atomic E-state index is -4.57. The van der Waals surface area contributed by atoms with Gasteiger partial charge >= 0.3 is 12.1 Å². The summed E-state index contributed by atoms with van der Waals surface area (Å²) in [5.74, 6) is -2.00. The van der Waals surface area contributed by atoms with E-state index < -0.39 is 34.8 Å². The third-order valence-electron chi connectivity index (χ3n) is 8.31. The van der Waals surface area contributed by atoms with Crippen LogP contribution in [0.5, 0.6) is 5.75 Å². The highest BCUT2D eigenvalue weighted by Gasteiger charge is 2.64. The molecular formula is C33H32F4N2O5. The van der Waals surface area contributed by atoms with Crippen LogP contribution in [-0.2, 0) is 39.2 Å². The first-order chi connectivity index (χ1) is 20.9. The van der Waals surface area contributed by atoms with Gasteiger partial charge in [0.25, 0.3) is 5.91 Å². The Morgan fingerprint density at radius 3 is 2.30 bits per heavy atom. The predicted octanol–water partition coefficient (Wildman–Crippen LogP) is 5.96. The van der Waals surface area contributed by atoms with Crippen molar-refractivity contribution in [1.82, 2.24) is 10.3 Å². The second-order valence-corrected chi connectivity index (χ2v) is 11.6. The Hall–Kier alpha value is -4.28. The maximum absolute atomic E-state index is 15.5. The van der Waals surface area contributed by atoms with Crippen molar-refractivity contribution in [2.75, 3.05) is 6.61 Å². The van der Waals surface area contributed by atoms with Crippen LogP contribution in [0.25, 0.3) is 0 Å². The Bertz CT molecular complexity index is 1550. The van der Waals surface area contributed by atoms with Crippen molar-refractivity contribution >= 4 is 17.7 Å². The number of carbonyl (C=O) groups is 3. The summed E-state index contributed by atoms with van der Waals surface area (Å²) in [6.45, 7) is 1.61. The number of amides is 1. The van der Waals surface area contributed by atoms with Crippen molar-refractivity contribution in [2.45, 2.75) is 75.6 Å². The molecule has 0 aliphatic heterocycles. The molecule has 0 unspecified atom stereocenters. The van der Waals surface area contributed by atoms with Gasteiger partial charge in [0.15, 0.2) is 0 Å². The monoisotopic (exact) mass is 612 g/mol. The summed E-state index contributed by atoms with van der Waals surface area (Å²) in [5, 5.41) is 2.02. The van der Waals surface area contributed by atoms with Crippen molar-refractivity contribution in [3.63, 3.8) is 0 Å². The van der Waals surface area contributed by atoms with E-state index in [2.05, 4.69) is 4.98 Å². The molecule has 1 N–H and O–H groups in total. The normalized spacial score (nSPS) is 16.4. The Labute approximate surface area is 252 Å². The number of ketones is 1. The SMILES string of the molecule is CC(=O)OCC1(c2cc(F)c(CC(=O)Cc3ccnc(C(=O)NC4(C(F)(F)F)CC4)c3)cc2OCc2ccccc2)CCC1. The summed E-state index contributed by atoms with van der Waals surface area (Å²) >= 11 is 0. The molecule has 7 nitrogen and oxygen atoms in total. The molecule has 0 bridgehead atoms. The van der Waals surface area contributed by atoms with E-state index >= 15 is 4.39 Å². The largest absolute Gasteiger partial charge is 0.489 e. The van der Waals surface area contributed by atoms with Gasteiger partial charge in [0.1, 0.15) is 41.8 Å². The molecule has 1 heterocycles. The number of benzene rings is 2. The maximum Gasteiger partial charge on any atom is 0.411 e. The molecule has 0 saturated heterocycles. The van der Waals surface area contributed by atoms with Crippen molar-refractivity contribution < 1.29 is 41.4 Å². The molecular weight excluding hydrogens is 580 g/mol. The number of ether oxygens (including phenoxy) is 2. The van der Waals surface area contributed by atoms with E-state index in [1.54, 1.807) is 0 Å². The molecule has 2 fully saturated rings. The van der Waals surface area contributed by atoms with Crippen molar-refractivity contribution in [2.24, 2.45) is 0 Å². The fourth-order valence-electron chi connectivity index (χ4n) is 5.43. The Morgan fingerprint density at radius 1 is 0.955 bits per heavy atom. The minimum Gasteiger partial charge on any atom is -0.489 e. The van der Waals surface area contributed by atoms with Gasteiger partial charge in [-0.1, -0.05) is 36.8 Å². The average molecular weight is 613 g/mol. The molecule has 5 rings (SSSR count). The minimum absolute atomic E-state index is 0.0871. The molecule has 1 amide bonds. The summed E-state index contributed by atoms with van der Waals surface area (Å²) in [6.07, 6.45) is -1.96. The number of esters is 1. The number of nitrogens with one attached hydrogen (secondary N) is 1. The van der Waals surface area contributed by atoms with Crippen LogP contribution in [0.1, 0.15) is 71.8 Å². The maximum atomic E-state index is 15.5. The van der Waals surface area contributed by atoms with Crippen LogP contribution in [0.4, 0.5) is 17.6 Å². The van der Waals surface area contributed by atoms with Crippen LogP contribution in [0.2, 0.25) is 0 Å². The number of alkyl halides is 3. The van der Waals surface area contributed by atoms with E-state index in [1.165, 1.54) is 37.4 Å². The Balaban J connectivity index is 1.33. The van der Waals surface area contributed by atoms with Crippen LogP contribution in [0.15, 0.2) is 60.8 Å². The van der Waals surface area contributed by atoms with Crippen LogP contribution >= 0.6 is 0 Å². The quantitative estimate of drug-likeness (QED) is 0.200. The fraction of sp³-hybridized carbons (Fsp3) is 0.394. The molecule has 1 aromatic heterocycles. The van der Waals surface area contributed by atoms with Crippen LogP contribution in [0.3, 0.4) is 0 Å². The van der Waals surface area contributed by atoms with E-state index in [0.717, 1.165) is 12.0 Å². The number of halogens is 4. The number of carbonyl (C=O) groups excluding carboxylic acids is 3. The summed E-state index contributed by atoms with van der Waals surface area (Å²) < 4.78 is 66.9. The number of aromatic nitrogens is 1. The molecule has 2 aliphatic carbocycles. The molecule has 3 aromatic rings. The number of nitrogens with zero attached hydrogens (tertiary/aromatic N) is 1. The van der Waals surface area contributed by atoms with Gasteiger partial charge in [-0.3, -0.25) is 19.4 Å². The molecule has 2 aliphatic rings. The number of rotatable bonds is 12. The average Bonchev–Trinajstić information content (AvgIpc) is 3.74. The van der Waals surface area contributed by atoms with E-state index in [4.69, 9.17) is 9.47 Å². The highest BCUT2D eigenvalue weighted by molar-refractivity contribution is 5.93. The summed E-state index contributed by atoms with van der Waals surface area (Å²) in [7, 11) is 0. The van der Waals surface area contributed by atoms with Gasteiger partial charge in [0.2, 0.25) is 0 Å². The highest BCUT2D eigenvalue weighted by atomic mass is 19.4. The third-order valence-corrected chi connectivity index (χ3v) is 8.31. The zero-order valence-electron chi connectivity index (χ0n) is 24.1. The van der Waals surface area contributed by atoms with Crippen molar-refractivity contribution in [3.8, 4) is 5.75 Å². The van der Waals surface area contributed by atoms with Gasteiger partial charge in [-0.25, -0.2) is 4.39 Å². The standard InChI is InChI=1S/C33H32F4N2O5/c1-21(40)44-20-31(9-5-10-31)26-18-27(34)24(17-29(26)43-19-22-6-3-2-4-7-22)16-25(41)14-23-8-13-38-28(15-23)30(42)39-32(11-12-32)33(35,36)37/h2-4,6-8,13,15,17-18H,5,9-12,14,16,19-20H2,1H3,(H,39,42). The van der Waals surface area contributed by atoms with E-state index in [-0.39, 0.29) is 55.9 Å². The molecule has 2 saturated carbocycles. The lowest BCUT2D eigenvalue weighted by atomic mass is 9.64. The molecule has 0 radical (unpaired) electrons. The highest BCUT2D eigenvalue weighted by Crippen LogP contribution is 2.49. The van der Waals surface area contributed by atoms with E-state index in [1.807, 2.05) is 35.6 Å². The number of Topliss-reactive ketones (excluding diaryl/α,β-unsaturated/α-hetero) is 1. The van der Waals surface area contributed by atoms with Gasteiger partial charge in [0, 0.05) is 36.9 Å². The number of hydrogen-bond donors (Lipinski definition) is 1. The van der Waals surface area contributed by atoms with Crippen LogP contribution in [0, 0.1) is 5.82 Å². The van der Waals surface area contributed by atoms with Crippen LogP contribution < -0.4 is 10.1 Å². The fourth-order valence-corrected chi connectivity index (χ4v) is 5.43. The van der Waals surface area contributed by atoms with E-state index in [9.17, 15) is 27.6 Å². The molecule has 11 heteroatoms. The first-order valence-corrected chi connectivity index (χ1v) is 14.4. The van der Waals surface area contributed by atoms with Gasteiger partial charge in [-0.15, -0.1) is 0 Å². The summed E-state index contributed by atoms with van der Waals surface area (Å²) in [6, 6.07) is 15.0. The zero-order valence-corrected chi connectivity index (χ0v) is 24.1. The topological polar surface area (TPSA) is 94.6 Å². The Morgan fingerprint density at radius 2 is 1.68 bits per heavy atom. The molecule has 0 atom stereocenters. The second-order valence-electron chi connectivity index (χ2n) is 11.6. The number of hydrogen-bond acceptors (Lipinski definition) is 6. The number of pyridine rings is 1. The Kier molecular flexibility index (Phi) is 8.76. The lowest BCUT2D eigenvalue weighted by molar-refractivity contribution is -0.163. The van der Waals surface area contributed by atoms with Gasteiger partial charge in [-0.2, -0.15) is 13.2 Å². The van der Waals surface area contributed by atoms with Crippen LogP contribution in [-0.4, -0.2) is 41.0 Å². The molecule has 44 heavy (non-hydrogen) atoms. The lowest BCUT2D eigenvalue weighted by Gasteiger charge is -2.42. The first-order valence-electron chi connectivity index (χ1n) is 14.4. The zero-order chi connectivity index (χ0) is 31.5. The van der Waals surface area contributed by atoms with Gasteiger partial charge in [-0.05, 0) is 66.6 Å². The van der Waals surface area contributed by atoms with Gasteiger partial charge < -0.3 is 14.8 Å². The smallest absolute Gasteiger partial charge is 0.411 e. The van der Waals surface area contributed by atoms with E-state index in [0.29, 0.717) is 29.7 Å². The lowest BCUT2D eigenvalue weighted by Crippen LogP contribution is -2.48. The molecule has 232 valence electrons.